The van der Waals surface area contributed by atoms with Gasteiger partial charge in [-0.05, 0) is 44.0 Å². The number of rotatable bonds is 4. The number of nitrogens with one attached hydrogen (secondary N) is 1. The Bertz CT molecular complexity index is 958. The van der Waals surface area contributed by atoms with Crippen LogP contribution in [-0.2, 0) is 4.74 Å². The van der Waals surface area contributed by atoms with E-state index in [0.717, 1.165) is 30.6 Å². The zero-order valence-electron chi connectivity index (χ0n) is 15.7. The van der Waals surface area contributed by atoms with Gasteiger partial charge in [-0.2, -0.15) is 5.10 Å². The van der Waals surface area contributed by atoms with Crippen LogP contribution in [0.2, 0.25) is 0 Å². The largest absolute Gasteiger partial charge is 0.379 e. The molecular formula is C22H22FN3O2. The fourth-order valence-corrected chi connectivity index (χ4v) is 3.31. The van der Waals surface area contributed by atoms with E-state index in [1.807, 2.05) is 31.2 Å². The summed E-state index contributed by atoms with van der Waals surface area (Å²) in [4.78, 5) is 13.0. The minimum Gasteiger partial charge on any atom is -0.379 e. The Kier molecular flexibility index (Phi) is 5.21. The summed E-state index contributed by atoms with van der Waals surface area (Å²) in [6, 6.07) is 13.9. The molecule has 1 amide bonds. The second kappa shape index (κ2) is 7.94. The highest BCUT2D eigenvalue weighted by Gasteiger charge is 2.22. The normalized spacial score (nSPS) is 16.7. The van der Waals surface area contributed by atoms with Crippen molar-refractivity contribution in [2.75, 3.05) is 13.2 Å². The summed E-state index contributed by atoms with van der Waals surface area (Å²) in [5.41, 5.74) is 3.76. The molecule has 1 N–H and O–H groups in total. The van der Waals surface area contributed by atoms with Crippen molar-refractivity contribution in [2.24, 2.45) is 0 Å². The second-order valence-corrected chi connectivity index (χ2v) is 7.07. The van der Waals surface area contributed by atoms with Crippen molar-refractivity contribution in [3.63, 3.8) is 0 Å². The number of halogens is 1. The maximum Gasteiger partial charge on any atom is 0.255 e. The lowest BCUT2D eigenvalue weighted by atomic mass is 10.1. The third-order valence-corrected chi connectivity index (χ3v) is 4.87. The van der Waals surface area contributed by atoms with Gasteiger partial charge in [0.2, 0.25) is 0 Å². The number of nitrogens with zero attached hydrogens (tertiary/aromatic N) is 2. The Labute approximate surface area is 163 Å². The number of aryl methyl sites for hydroxylation is 1. The van der Waals surface area contributed by atoms with Gasteiger partial charge in [-0.1, -0.05) is 29.8 Å². The lowest BCUT2D eigenvalue weighted by Gasteiger charge is -2.23. The molecule has 1 aliphatic rings. The summed E-state index contributed by atoms with van der Waals surface area (Å²) in [5.74, 6) is -0.496. The molecule has 0 bridgehead atoms. The van der Waals surface area contributed by atoms with Gasteiger partial charge in [-0.3, -0.25) is 4.79 Å². The van der Waals surface area contributed by atoms with Crippen LogP contribution in [0.25, 0.3) is 16.9 Å². The first-order valence-corrected chi connectivity index (χ1v) is 9.41. The molecule has 0 saturated carbocycles. The van der Waals surface area contributed by atoms with E-state index in [1.165, 1.54) is 12.1 Å². The van der Waals surface area contributed by atoms with E-state index in [1.54, 1.807) is 23.0 Å². The Hall–Kier alpha value is -2.99. The van der Waals surface area contributed by atoms with Crippen LogP contribution >= 0.6 is 0 Å². The number of carbonyl (C=O) groups excluding carboxylic acids is 1. The topological polar surface area (TPSA) is 56.2 Å². The highest BCUT2D eigenvalue weighted by molar-refractivity contribution is 6.00. The SMILES string of the molecule is Cc1ccc(-c2nn(-c3ccc(F)cc3)cc2C(=O)NC2CCCOC2)cc1. The summed E-state index contributed by atoms with van der Waals surface area (Å²) in [7, 11) is 0. The van der Waals surface area contributed by atoms with E-state index in [9.17, 15) is 9.18 Å². The van der Waals surface area contributed by atoms with Crippen LogP contribution in [0.5, 0.6) is 0 Å². The van der Waals surface area contributed by atoms with Gasteiger partial charge in [0.15, 0.2) is 0 Å². The van der Waals surface area contributed by atoms with Crippen molar-refractivity contribution in [3.05, 3.63) is 71.7 Å². The van der Waals surface area contributed by atoms with Gasteiger partial charge >= 0.3 is 0 Å². The summed E-state index contributed by atoms with van der Waals surface area (Å²) in [6.45, 7) is 3.28. The lowest BCUT2D eigenvalue weighted by Crippen LogP contribution is -2.40. The maximum atomic E-state index is 13.3. The van der Waals surface area contributed by atoms with Crippen molar-refractivity contribution >= 4 is 5.91 Å². The van der Waals surface area contributed by atoms with Crippen LogP contribution in [0.4, 0.5) is 4.39 Å². The van der Waals surface area contributed by atoms with Crippen LogP contribution in [0.1, 0.15) is 28.8 Å². The first kappa shape index (κ1) is 18.4. The molecule has 5 nitrogen and oxygen atoms in total. The van der Waals surface area contributed by atoms with Crippen molar-refractivity contribution in [2.45, 2.75) is 25.8 Å². The first-order valence-electron chi connectivity index (χ1n) is 9.41. The molecule has 3 aromatic rings. The van der Waals surface area contributed by atoms with Gasteiger partial charge in [-0.15, -0.1) is 0 Å². The number of amides is 1. The van der Waals surface area contributed by atoms with Gasteiger partial charge < -0.3 is 10.1 Å². The van der Waals surface area contributed by atoms with Gasteiger partial charge in [0.25, 0.3) is 5.91 Å². The fraction of sp³-hybridized carbons (Fsp3) is 0.273. The van der Waals surface area contributed by atoms with Crippen LogP contribution < -0.4 is 5.32 Å². The molecule has 0 radical (unpaired) electrons. The molecular weight excluding hydrogens is 357 g/mol. The highest BCUT2D eigenvalue weighted by Crippen LogP contribution is 2.25. The molecule has 28 heavy (non-hydrogen) atoms. The monoisotopic (exact) mass is 379 g/mol. The molecule has 144 valence electrons. The van der Waals surface area contributed by atoms with E-state index in [0.29, 0.717) is 23.6 Å². The van der Waals surface area contributed by atoms with Crippen LogP contribution in [0.15, 0.2) is 54.7 Å². The summed E-state index contributed by atoms with van der Waals surface area (Å²) < 4.78 is 20.3. The zero-order valence-corrected chi connectivity index (χ0v) is 15.7. The smallest absolute Gasteiger partial charge is 0.255 e. The number of hydrogen-bond donors (Lipinski definition) is 1. The number of aromatic nitrogens is 2. The molecule has 1 aliphatic heterocycles. The Morgan fingerprint density at radius 2 is 1.93 bits per heavy atom. The molecule has 2 aromatic carbocycles. The third kappa shape index (κ3) is 3.97. The molecule has 6 heteroatoms. The zero-order chi connectivity index (χ0) is 19.5. The van der Waals surface area contributed by atoms with Crippen molar-refractivity contribution < 1.29 is 13.9 Å². The molecule has 1 unspecified atom stereocenters. The molecule has 1 atom stereocenters. The van der Waals surface area contributed by atoms with Crippen molar-refractivity contribution in [1.82, 2.24) is 15.1 Å². The second-order valence-electron chi connectivity index (χ2n) is 7.07. The standard InChI is InChI=1S/C22H22FN3O2/c1-15-4-6-16(7-5-15)21-20(22(27)24-18-3-2-12-28-14-18)13-26(25-21)19-10-8-17(23)9-11-19/h4-11,13,18H,2-3,12,14H2,1H3,(H,24,27). The average molecular weight is 379 g/mol. The molecule has 1 aromatic heterocycles. The van der Waals surface area contributed by atoms with E-state index in [2.05, 4.69) is 10.4 Å². The third-order valence-electron chi connectivity index (χ3n) is 4.87. The molecule has 0 spiro atoms. The quantitative estimate of drug-likeness (QED) is 0.748. The summed E-state index contributed by atoms with van der Waals surface area (Å²) in [6.07, 6.45) is 3.53. The fourth-order valence-electron chi connectivity index (χ4n) is 3.31. The lowest BCUT2D eigenvalue weighted by molar-refractivity contribution is 0.0624. The number of hydrogen-bond acceptors (Lipinski definition) is 3. The predicted molar refractivity (Wildman–Crippen MR) is 105 cm³/mol. The van der Waals surface area contributed by atoms with Crippen LogP contribution in [0.3, 0.4) is 0 Å². The molecule has 1 fully saturated rings. The summed E-state index contributed by atoms with van der Waals surface area (Å²) >= 11 is 0. The molecule has 2 heterocycles. The summed E-state index contributed by atoms with van der Waals surface area (Å²) in [5, 5.41) is 7.68. The molecule has 1 saturated heterocycles. The maximum absolute atomic E-state index is 13.3. The first-order chi connectivity index (χ1) is 13.6. The van der Waals surface area contributed by atoms with Gasteiger partial charge in [-0.25, -0.2) is 9.07 Å². The molecule has 4 rings (SSSR count). The predicted octanol–water partition coefficient (Wildman–Crippen LogP) is 3.90. The number of carbonyl (C=O) groups is 1. The minimum atomic E-state index is -0.315. The molecule has 0 aliphatic carbocycles. The Morgan fingerprint density at radius 3 is 2.61 bits per heavy atom. The van der Waals surface area contributed by atoms with Gasteiger partial charge in [0.1, 0.15) is 11.5 Å². The van der Waals surface area contributed by atoms with Crippen molar-refractivity contribution in [1.29, 1.82) is 0 Å². The average Bonchev–Trinajstić information content (AvgIpc) is 3.15. The van der Waals surface area contributed by atoms with Crippen LogP contribution in [0, 0.1) is 12.7 Å². The van der Waals surface area contributed by atoms with Gasteiger partial charge in [0, 0.05) is 18.4 Å². The van der Waals surface area contributed by atoms with Crippen molar-refractivity contribution in [3.8, 4) is 16.9 Å². The highest BCUT2D eigenvalue weighted by atomic mass is 19.1. The minimum absolute atomic E-state index is 0.00119. The number of ether oxygens (including phenoxy) is 1. The Morgan fingerprint density at radius 1 is 1.18 bits per heavy atom. The van der Waals surface area contributed by atoms with E-state index < -0.39 is 0 Å². The Balaban J connectivity index is 1.70. The van der Waals surface area contributed by atoms with E-state index >= 15 is 0 Å². The number of benzene rings is 2. The van der Waals surface area contributed by atoms with E-state index in [-0.39, 0.29) is 17.8 Å². The van der Waals surface area contributed by atoms with E-state index in [4.69, 9.17) is 4.74 Å². The van der Waals surface area contributed by atoms with Gasteiger partial charge in [0.05, 0.1) is 23.9 Å². The van der Waals surface area contributed by atoms with Crippen LogP contribution in [-0.4, -0.2) is 34.9 Å².